The standard InChI is InChI=1S/C15H10Cl2NO4P/c16-10-3-1-9(2-4-10)13-7-5-11-12(17)6-8-14(15(11)18-13)22-23(19,20)21/h1-8H,(H2,19,20,21)/p-2. The van der Waals surface area contributed by atoms with Crippen LogP contribution in [0.25, 0.3) is 22.2 Å². The zero-order valence-electron chi connectivity index (χ0n) is 11.4. The van der Waals surface area contributed by atoms with E-state index in [2.05, 4.69) is 9.51 Å². The van der Waals surface area contributed by atoms with E-state index in [1.54, 1.807) is 36.4 Å². The number of phosphoric acid groups is 1. The van der Waals surface area contributed by atoms with Crippen molar-refractivity contribution in [3.05, 3.63) is 58.6 Å². The fourth-order valence-corrected chi connectivity index (χ4v) is 2.86. The van der Waals surface area contributed by atoms with Crippen molar-refractivity contribution >= 4 is 41.9 Å². The van der Waals surface area contributed by atoms with Crippen LogP contribution < -0.4 is 14.3 Å². The molecule has 0 radical (unpaired) electrons. The summed E-state index contributed by atoms with van der Waals surface area (Å²) >= 11 is 11.9. The number of rotatable bonds is 3. The molecule has 0 N–H and O–H groups in total. The van der Waals surface area contributed by atoms with Crippen molar-refractivity contribution in [2.24, 2.45) is 0 Å². The average Bonchev–Trinajstić information content (AvgIpc) is 2.49. The maximum Gasteiger partial charge on any atom is 0.150 e. The molecular formula is C15H8Cl2NO4P-2. The second-order valence-electron chi connectivity index (χ2n) is 4.68. The number of hydrogen-bond donors (Lipinski definition) is 0. The van der Waals surface area contributed by atoms with Gasteiger partial charge in [-0.3, -0.25) is 0 Å². The van der Waals surface area contributed by atoms with Gasteiger partial charge in [0.2, 0.25) is 0 Å². The Morgan fingerprint density at radius 3 is 2.30 bits per heavy atom. The highest BCUT2D eigenvalue weighted by atomic mass is 35.5. The third-order valence-electron chi connectivity index (χ3n) is 3.12. The summed E-state index contributed by atoms with van der Waals surface area (Å²) in [6, 6.07) is 13.1. The molecule has 5 nitrogen and oxygen atoms in total. The number of nitrogens with zero attached hydrogens (tertiary/aromatic N) is 1. The van der Waals surface area contributed by atoms with Crippen molar-refractivity contribution in [3.8, 4) is 17.0 Å². The van der Waals surface area contributed by atoms with Crippen molar-refractivity contribution in [3.63, 3.8) is 0 Å². The van der Waals surface area contributed by atoms with E-state index in [1.165, 1.54) is 12.1 Å². The molecule has 0 amide bonds. The Balaban J connectivity index is 2.18. The van der Waals surface area contributed by atoms with Crippen LogP contribution in [0.4, 0.5) is 0 Å². The predicted molar refractivity (Wildman–Crippen MR) is 85.4 cm³/mol. The molecule has 0 bridgehead atoms. The molecule has 0 saturated heterocycles. The van der Waals surface area contributed by atoms with Crippen LogP contribution in [0.2, 0.25) is 10.0 Å². The molecule has 23 heavy (non-hydrogen) atoms. The zero-order valence-corrected chi connectivity index (χ0v) is 13.8. The van der Waals surface area contributed by atoms with Gasteiger partial charge in [0, 0.05) is 16.0 Å². The lowest BCUT2D eigenvalue weighted by atomic mass is 10.1. The molecule has 3 rings (SSSR count). The number of pyridine rings is 1. The fraction of sp³-hybridized carbons (Fsp3) is 0. The smallest absolute Gasteiger partial charge is 0.150 e. The lowest BCUT2D eigenvalue weighted by Gasteiger charge is -2.29. The average molecular weight is 368 g/mol. The topological polar surface area (TPSA) is 85.3 Å². The van der Waals surface area contributed by atoms with Gasteiger partial charge in [0.1, 0.15) is 13.3 Å². The van der Waals surface area contributed by atoms with Gasteiger partial charge in [0.05, 0.1) is 10.7 Å². The Kier molecular flexibility index (Phi) is 4.32. The first-order valence-electron chi connectivity index (χ1n) is 6.40. The Bertz CT molecular complexity index is 925. The molecule has 3 aromatic rings. The second-order valence-corrected chi connectivity index (χ2v) is 6.60. The van der Waals surface area contributed by atoms with Crippen LogP contribution in [-0.2, 0) is 4.57 Å². The molecule has 0 unspecified atom stereocenters. The Hall–Kier alpha value is -1.62. The van der Waals surface area contributed by atoms with E-state index in [4.69, 9.17) is 23.2 Å². The summed E-state index contributed by atoms with van der Waals surface area (Å²) in [6.07, 6.45) is 0. The number of fused-ring (bicyclic) bond motifs is 1. The monoisotopic (exact) mass is 367 g/mol. The third kappa shape index (κ3) is 3.66. The van der Waals surface area contributed by atoms with E-state index in [0.29, 0.717) is 21.1 Å². The molecule has 0 aliphatic carbocycles. The number of phosphoric ester groups is 1. The largest absolute Gasteiger partial charge is 0.780 e. The van der Waals surface area contributed by atoms with Gasteiger partial charge in [-0.15, -0.1) is 0 Å². The van der Waals surface area contributed by atoms with Gasteiger partial charge in [-0.25, -0.2) is 4.98 Å². The summed E-state index contributed by atoms with van der Waals surface area (Å²) in [5, 5.41) is 1.43. The summed E-state index contributed by atoms with van der Waals surface area (Å²) < 4.78 is 15.4. The Labute approximate surface area is 141 Å². The number of halogens is 2. The normalized spacial score (nSPS) is 11.7. The molecule has 0 aliphatic rings. The summed E-state index contributed by atoms with van der Waals surface area (Å²) in [5.41, 5.74) is 1.53. The van der Waals surface area contributed by atoms with Gasteiger partial charge < -0.3 is 18.9 Å². The molecule has 118 valence electrons. The molecule has 0 fully saturated rings. The summed E-state index contributed by atoms with van der Waals surface area (Å²) in [7, 11) is -5.20. The molecule has 8 heteroatoms. The minimum Gasteiger partial charge on any atom is -0.780 e. The maximum absolute atomic E-state index is 10.9. The quantitative estimate of drug-likeness (QED) is 0.662. The molecule has 0 aliphatic heterocycles. The van der Waals surface area contributed by atoms with E-state index in [-0.39, 0.29) is 11.3 Å². The maximum atomic E-state index is 10.9. The first kappa shape index (κ1) is 16.2. The molecular weight excluding hydrogens is 360 g/mol. The van der Waals surface area contributed by atoms with Crippen LogP contribution in [0.1, 0.15) is 0 Å². The lowest BCUT2D eigenvalue weighted by Crippen LogP contribution is -2.18. The van der Waals surface area contributed by atoms with Crippen LogP contribution >= 0.6 is 31.0 Å². The first-order valence-corrected chi connectivity index (χ1v) is 8.62. The summed E-state index contributed by atoms with van der Waals surface area (Å²) in [4.78, 5) is 26.2. The Morgan fingerprint density at radius 1 is 0.957 bits per heavy atom. The fourth-order valence-electron chi connectivity index (χ4n) is 2.13. The number of hydrogen-bond acceptors (Lipinski definition) is 5. The molecule has 1 heterocycles. The van der Waals surface area contributed by atoms with Gasteiger partial charge in [0.25, 0.3) is 0 Å². The zero-order chi connectivity index (χ0) is 16.6. The first-order chi connectivity index (χ1) is 10.8. The van der Waals surface area contributed by atoms with E-state index in [1.807, 2.05) is 0 Å². The van der Waals surface area contributed by atoms with Gasteiger partial charge in [-0.05, 0) is 36.4 Å². The van der Waals surface area contributed by atoms with Crippen LogP contribution in [0.3, 0.4) is 0 Å². The molecule has 0 saturated carbocycles. The van der Waals surface area contributed by atoms with E-state index >= 15 is 0 Å². The second kappa shape index (κ2) is 6.11. The molecule has 1 aromatic heterocycles. The highest BCUT2D eigenvalue weighted by Gasteiger charge is 2.11. The predicted octanol–water partition coefficient (Wildman–Crippen LogP) is 3.42. The third-order valence-corrected chi connectivity index (χ3v) is 4.12. The molecule has 0 atom stereocenters. The van der Waals surface area contributed by atoms with Crippen molar-refractivity contribution in [1.82, 2.24) is 4.98 Å². The minimum atomic E-state index is -5.20. The van der Waals surface area contributed by atoms with Crippen molar-refractivity contribution < 1.29 is 18.9 Å². The van der Waals surface area contributed by atoms with Gasteiger partial charge in [0.15, 0.2) is 5.75 Å². The molecule has 0 spiro atoms. The SMILES string of the molecule is O=P([O-])([O-])Oc1ccc(Cl)c2ccc(-c3ccc(Cl)cc3)nc12. The van der Waals surface area contributed by atoms with E-state index in [9.17, 15) is 14.4 Å². The number of aromatic nitrogens is 1. The lowest BCUT2D eigenvalue weighted by molar-refractivity contribution is -0.333. The van der Waals surface area contributed by atoms with Crippen LogP contribution in [0.15, 0.2) is 48.5 Å². The van der Waals surface area contributed by atoms with Crippen molar-refractivity contribution in [2.45, 2.75) is 0 Å². The van der Waals surface area contributed by atoms with Crippen molar-refractivity contribution in [2.75, 3.05) is 0 Å². The van der Waals surface area contributed by atoms with Gasteiger partial charge in [-0.2, -0.15) is 0 Å². The van der Waals surface area contributed by atoms with Crippen LogP contribution in [0.5, 0.6) is 5.75 Å². The van der Waals surface area contributed by atoms with Crippen LogP contribution in [0, 0.1) is 0 Å². The van der Waals surface area contributed by atoms with Gasteiger partial charge >= 0.3 is 0 Å². The van der Waals surface area contributed by atoms with Gasteiger partial charge in [-0.1, -0.05) is 35.3 Å². The van der Waals surface area contributed by atoms with E-state index in [0.717, 1.165) is 5.56 Å². The number of benzene rings is 2. The van der Waals surface area contributed by atoms with Crippen molar-refractivity contribution in [1.29, 1.82) is 0 Å². The van der Waals surface area contributed by atoms with E-state index < -0.39 is 7.82 Å². The molecule has 2 aromatic carbocycles. The van der Waals surface area contributed by atoms with Crippen LogP contribution in [-0.4, -0.2) is 4.98 Å². The Morgan fingerprint density at radius 2 is 1.65 bits per heavy atom. The minimum absolute atomic E-state index is 0.159. The summed E-state index contributed by atoms with van der Waals surface area (Å²) in [6.45, 7) is 0. The highest BCUT2D eigenvalue weighted by Crippen LogP contribution is 2.37. The summed E-state index contributed by atoms with van der Waals surface area (Å²) in [5.74, 6) is -0.159. The highest BCUT2D eigenvalue weighted by molar-refractivity contribution is 7.43.